The van der Waals surface area contributed by atoms with E-state index in [1.54, 1.807) is 18.3 Å². The molecule has 3 N–H and O–H groups in total. The number of aryl methyl sites for hydroxylation is 1. The maximum absolute atomic E-state index is 5.94. The Kier molecular flexibility index (Phi) is 4.29. The Morgan fingerprint density at radius 1 is 1.42 bits per heavy atom. The van der Waals surface area contributed by atoms with Crippen LogP contribution in [0.1, 0.15) is 17.1 Å². The molecule has 0 amide bonds. The molecule has 0 aliphatic heterocycles. The third-order valence-electron chi connectivity index (χ3n) is 2.54. The average Bonchev–Trinajstić information content (AvgIpc) is 2.37. The van der Waals surface area contributed by atoms with E-state index < -0.39 is 0 Å². The summed E-state index contributed by atoms with van der Waals surface area (Å²) in [6, 6.07) is 7.25. The van der Waals surface area contributed by atoms with Gasteiger partial charge in [0.15, 0.2) is 0 Å². The van der Waals surface area contributed by atoms with E-state index in [-0.39, 0.29) is 0 Å². The summed E-state index contributed by atoms with van der Waals surface area (Å²) < 4.78 is 0. The van der Waals surface area contributed by atoms with Gasteiger partial charge in [-0.1, -0.05) is 23.8 Å². The van der Waals surface area contributed by atoms with Crippen molar-refractivity contribution >= 4 is 34.5 Å². The zero-order valence-electron chi connectivity index (χ0n) is 10.4. The van der Waals surface area contributed by atoms with Crippen molar-refractivity contribution in [3.63, 3.8) is 0 Å². The Morgan fingerprint density at radius 2 is 2.21 bits per heavy atom. The number of nitrogens with zero attached hydrogens (tertiary/aromatic N) is 2. The van der Waals surface area contributed by atoms with Gasteiger partial charge < -0.3 is 11.1 Å². The fraction of sp³-hybridized carbons (Fsp3) is 0.154. The molecular formula is C13H13ClN4S. The molecular weight excluding hydrogens is 280 g/mol. The maximum Gasteiger partial charge on any atom is 0.125 e. The Bertz CT molecular complexity index is 615. The van der Waals surface area contributed by atoms with Gasteiger partial charge in [-0.25, -0.2) is 9.97 Å². The van der Waals surface area contributed by atoms with E-state index in [1.807, 2.05) is 19.1 Å². The zero-order valence-corrected chi connectivity index (χ0v) is 11.9. The third-order valence-corrected chi connectivity index (χ3v) is 3.00. The molecule has 6 heteroatoms. The van der Waals surface area contributed by atoms with Gasteiger partial charge in [0.05, 0.1) is 12.2 Å². The number of anilines is 1. The van der Waals surface area contributed by atoms with Gasteiger partial charge >= 0.3 is 0 Å². The summed E-state index contributed by atoms with van der Waals surface area (Å²) in [6.45, 7) is 2.42. The summed E-state index contributed by atoms with van der Waals surface area (Å²) >= 11 is 10.9. The number of benzene rings is 1. The van der Waals surface area contributed by atoms with Crippen LogP contribution < -0.4 is 11.1 Å². The standard InChI is InChI=1S/C13H13ClN4S/c1-8-16-5-4-10(18-8)7-17-12-3-2-9(14)6-11(12)13(15)19/h2-6,17H,7H2,1H3,(H2,15,19). The molecule has 19 heavy (non-hydrogen) atoms. The molecule has 0 bridgehead atoms. The minimum atomic E-state index is 0.309. The van der Waals surface area contributed by atoms with Gasteiger partial charge in [-0.2, -0.15) is 0 Å². The number of hydrogen-bond acceptors (Lipinski definition) is 4. The zero-order chi connectivity index (χ0) is 13.8. The molecule has 2 aromatic rings. The normalized spacial score (nSPS) is 10.2. The molecule has 2 rings (SSSR count). The molecule has 0 saturated carbocycles. The van der Waals surface area contributed by atoms with Crippen molar-refractivity contribution in [2.75, 3.05) is 5.32 Å². The lowest BCUT2D eigenvalue weighted by atomic mass is 10.1. The Balaban J connectivity index is 2.17. The minimum absolute atomic E-state index is 0.309. The monoisotopic (exact) mass is 292 g/mol. The lowest BCUT2D eigenvalue weighted by Gasteiger charge is -2.11. The van der Waals surface area contributed by atoms with Crippen LogP contribution in [0.15, 0.2) is 30.5 Å². The van der Waals surface area contributed by atoms with Gasteiger partial charge in [0.2, 0.25) is 0 Å². The molecule has 1 heterocycles. The number of nitrogens with one attached hydrogen (secondary N) is 1. The van der Waals surface area contributed by atoms with E-state index in [1.165, 1.54) is 0 Å². The number of hydrogen-bond donors (Lipinski definition) is 2. The van der Waals surface area contributed by atoms with Crippen molar-refractivity contribution in [1.29, 1.82) is 0 Å². The van der Waals surface area contributed by atoms with E-state index in [0.29, 0.717) is 16.6 Å². The molecule has 0 unspecified atom stereocenters. The largest absolute Gasteiger partial charge is 0.389 e. The fourth-order valence-electron chi connectivity index (χ4n) is 1.66. The smallest absolute Gasteiger partial charge is 0.125 e. The van der Waals surface area contributed by atoms with E-state index in [4.69, 9.17) is 29.6 Å². The second-order valence-electron chi connectivity index (χ2n) is 4.00. The first kappa shape index (κ1) is 13.7. The van der Waals surface area contributed by atoms with Crippen LogP contribution in [-0.4, -0.2) is 15.0 Å². The van der Waals surface area contributed by atoms with Crippen LogP contribution in [0.25, 0.3) is 0 Å². The van der Waals surface area contributed by atoms with E-state index in [9.17, 15) is 0 Å². The van der Waals surface area contributed by atoms with Gasteiger partial charge in [0.25, 0.3) is 0 Å². The van der Waals surface area contributed by atoms with Crippen molar-refractivity contribution < 1.29 is 0 Å². The highest BCUT2D eigenvalue weighted by molar-refractivity contribution is 7.80. The Morgan fingerprint density at radius 3 is 2.89 bits per heavy atom. The van der Waals surface area contributed by atoms with Gasteiger partial charge in [0, 0.05) is 22.5 Å². The van der Waals surface area contributed by atoms with Crippen LogP contribution in [0.5, 0.6) is 0 Å². The second-order valence-corrected chi connectivity index (χ2v) is 4.88. The predicted octanol–water partition coefficient (Wildman–Crippen LogP) is 2.68. The molecule has 98 valence electrons. The maximum atomic E-state index is 5.94. The molecule has 1 aromatic carbocycles. The fourth-order valence-corrected chi connectivity index (χ4v) is 2.00. The number of nitrogens with two attached hydrogens (primary N) is 1. The highest BCUT2D eigenvalue weighted by atomic mass is 35.5. The lowest BCUT2D eigenvalue weighted by molar-refractivity contribution is 0.955. The minimum Gasteiger partial charge on any atom is -0.389 e. The molecule has 0 fully saturated rings. The lowest BCUT2D eigenvalue weighted by Crippen LogP contribution is -2.13. The number of thiocarbonyl (C=S) groups is 1. The third kappa shape index (κ3) is 3.62. The molecule has 4 nitrogen and oxygen atoms in total. The van der Waals surface area contributed by atoms with Gasteiger partial charge in [-0.05, 0) is 31.2 Å². The summed E-state index contributed by atoms with van der Waals surface area (Å²) in [7, 11) is 0. The first-order chi connectivity index (χ1) is 9.06. The molecule has 0 radical (unpaired) electrons. The van der Waals surface area contributed by atoms with Crippen LogP contribution in [0, 0.1) is 6.92 Å². The van der Waals surface area contributed by atoms with Crippen LogP contribution in [-0.2, 0) is 6.54 Å². The number of halogens is 1. The second kappa shape index (κ2) is 5.95. The topological polar surface area (TPSA) is 63.8 Å². The van der Waals surface area contributed by atoms with Gasteiger partial charge in [-0.3, -0.25) is 0 Å². The highest BCUT2D eigenvalue weighted by Crippen LogP contribution is 2.21. The summed E-state index contributed by atoms with van der Waals surface area (Å²) in [5, 5.41) is 3.85. The SMILES string of the molecule is Cc1nccc(CNc2ccc(Cl)cc2C(N)=S)n1. The van der Waals surface area contributed by atoms with Gasteiger partial charge in [-0.15, -0.1) is 0 Å². The summed E-state index contributed by atoms with van der Waals surface area (Å²) in [5.74, 6) is 0.741. The summed E-state index contributed by atoms with van der Waals surface area (Å²) in [6.07, 6.45) is 1.73. The Labute approximate surface area is 122 Å². The van der Waals surface area contributed by atoms with Crippen molar-refractivity contribution in [3.05, 3.63) is 52.6 Å². The molecule has 0 spiro atoms. The van der Waals surface area contributed by atoms with Crippen molar-refractivity contribution in [1.82, 2.24) is 9.97 Å². The van der Waals surface area contributed by atoms with Gasteiger partial charge in [0.1, 0.15) is 10.8 Å². The Hall–Kier alpha value is -1.72. The number of rotatable bonds is 4. The predicted molar refractivity (Wildman–Crippen MR) is 81.4 cm³/mol. The molecule has 0 atom stereocenters. The van der Waals surface area contributed by atoms with Crippen molar-refractivity contribution in [3.8, 4) is 0 Å². The van der Waals surface area contributed by atoms with Crippen LogP contribution in [0.4, 0.5) is 5.69 Å². The first-order valence-corrected chi connectivity index (χ1v) is 6.46. The van der Waals surface area contributed by atoms with Crippen molar-refractivity contribution in [2.45, 2.75) is 13.5 Å². The van der Waals surface area contributed by atoms with Crippen molar-refractivity contribution in [2.24, 2.45) is 5.73 Å². The van der Waals surface area contributed by atoms with E-state index >= 15 is 0 Å². The average molecular weight is 293 g/mol. The summed E-state index contributed by atoms with van der Waals surface area (Å²) in [4.78, 5) is 8.68. The highest BCUT2D eigenvalue weighted by Gasteiger charge is 2.06. The molecule has 0 saturated heterocycles. The molecule has 0 aliphatic carbocycles. The van der Waals surface area contributed by atoms with E-state index in [0.717, 1.165) is 22.8 Å². The quantitative estimate of drug-likeness (QED) is 0.848. The van der Waals surface area contributed by atoms with Crippen LogP contribution in [0.3, 0.4) is 0 Å². The van der Waals surface area contributed by atoms with Crippen LogP contribution >= 0.6 is 23.8 Å². The molecule has 1 aromatic heterocycles. The first-order valence-electron chi connectivity index (χ1n) is 5.68. The summed E-state index contributed by atoms with van der Waals surface area (Å²) in [5.41, 5.74) is 8.15. The van der Waals surface area contributed by atoms with Crippen LogP contribution in [0.2, 0.25) is 5.02 Å². The number of aromatic nitrogens is 2. The molecule has 0 aliphatic rings. The van der Waals surface area contributed by atoms with E-state index in [2.05, 4.69) is 15.3 Å².